The largest absolute Gasteiger partial charge is 0.503 e. The standard InChI is InChI=1S/C27H24N4O5/c1-16(31-26(33)24-25(32)22(35-3)12-13-30-24)27(34)36-17(2)23(20-8-4-18(14-28)5-9-20)21-10-6-19(15-29)7-11-21/h4-13,16-17,23,32H,1-3H3,(H,31,33)/t16-,17-/m0/s1. The molecule has 2 atom stereocenters. The maximum absolute atomic E-state index is 12.9. The van der Waals surface area contributed by atoms with Crippen LogP contribution in [0, 0.1) is 22.7 Å². The van der Waals surface area contributed by atoms with Crippen molar-refractivity contribution in [1.82, 2.24) is 10.3 Å². The van der Waals surface area contributed by atoms with Gasteiger partial charge in [-0.05, 0) is 49.2 Å². The fraction of sp³-hybridized carbons (Fsp3) is 0.222. The molecule has 0 fully saturated rings. The number of nitriles is 2. The number of amides is 1. The highest BCUT2D eigenvalue weighted by molar-refractivity contribution is 5.97. The van der Waals surface area contributed by atoms with Crippen LogP contribution in [0.5, 0.6) is 11.5 Å². The maximum atomic E-state index is 12.9. The van der Waals surface area contributed by atoms with Gasteiger partial charge >= 0.3 is 5.97 Å². The molecule has 0 saturated carbocycles. The minimum absolute atomic E-state index is 0.0756. The van der Waals surface area contributed by atoms with Crippen LogP contribution in [-0.2, 0) is 9.53 Å². The van der Waals surface area contributed by atoms with Gasteiger partial charge in [-0.1, -0.05) is 24.3 Å². The molecule has 0 aliphatic heterocycles. The van der Waals surface area contributed by atoms with Gasteiger partial charge in [0.05, 0.1) is 30.4 Å². The van der Waals surface area contributed by atoms with Crippen molar-refractivity contribution in [3.8, 4) is 23.6 Å². The van der Waals surface area contributed by atoms with Crippen molar-refractivity contribution in [3.63, 3.8) is 0 Å². The van der Waals surface area contributed by atoms with Crippen molar-refractivity contribution >= 4 is 11.9 Å². The monoisotopic (exact) mass is 484 g/mol. The first-order valence-electron chi connectivity index (χ1n) is 11.0. The number of rotatable bonds is 8. The molecular weight excluding hydrogens is 460 g/mol. The molecule has 1 amide bonds. The lowest BCUT2D eigenvalue weighted by Crippen LogP contribution is -2.41. The molecule has 0 unspecified atom stereocenters. The SMILES string of the molecule is COc1ccnc(C(=O)N[C@@H](C)C(=O)O[C@@H](C)C(c2ccc(C#N)cc2)c2ccc(C#N)cc2)c1O. The van der Waals surface area contributed by atoms with Crippen LogP contribution in [0.2, 0.25) is 0 Å². The zero-order valence-corrected chi connectivity index (χ0v) is 19.9. The Morgan fingerprint density at radius 3 is 1.94 bits per heavy atom. The Morgan fingerprint density at radius 1 is 0.944 bits per heavy atom. The van der Waals surface area contributed by atoms with E-state index in [-0.39, 0.29) is 11.4 Å². The van der Waals surface area contributed by atoms with Crippen molar-refractivity contribution in [2.45, 2.75) is 31.9 Å². The molecule has 3 rings (SSSR count). The number of pyridine rings is 1. The number of hydrogen-bond acceptors (Lipinski definition) is 8. The fourth-order valence-corrected chi connectivity index (χ4v) is 3.71. The molecule has 0 bridgehead atoms. The first-order chi connectivity index (χ1) is 17.3. The first kappa shape index (κ1) is 25.7. The Morgan fingerprint density at radius 2 is 1.47 bits per heavy atom. The summed E-state index contributed by atoms with van der Waals surface area (Å²) >= 11 is 0. The summed E-state index contributed by atoms with van der Waals surface area (Å²) < 4.78 is 10.7. The lowest BCUT2D eigenvalue weighted by Gasteiger charge is -2.26. The fourth-order valence-electron chi connectivity index (χ4n) is 3.71. The van der Waals surface area contributed by atoms with Gasteiger partial charge < -0.3 is 19.9 Å². The van der Waals surface area contributed by atoms with Crippen LogP contribution >= 0.6 is 0 Å². The number of nitrogens with one attached hydrogen (secondary N) is 1. The van der Waals surface area contributed by atoms with E-state index in [1.807, 2.05) is 0 Å². The number of benzene rings is 2. The van der Waals surface area contributed by atoms with Crippen LogP contribution in [0.25, 0.3) is 0 Å². The molecule has 0 spiro atoms. The number of carbonyl (C=O) groups excluding carboxylic acids is 2. The summed E-state index contributed by atoms with van der Waals surface area (Å²) in [5, 5.41) is 30.9. The first-order valence-corrected chi connectivity index (χ1v) is 11.0. The van der Waals surface area contributed by atoms with Gasteiger partial charge in [0.1, 0.15) is 12.1 Å². The van der Waals surface area contributed by atoms with Gasteiger partial charge in [-0.25, -0.2) is 9.78 Å². The Hall–Kier alpha value is -4.89. The van der Waals surface area contributed by atoms with Gasteiger partial charge in [-0.15, -0.1) is 0 Å². The third-order valence-electron chi connectivity index (χ3n) is 5.59. The third kappa shape index (κ3) is 5.78. The molecule has 3 aromatic rings. The van der Waals surface area contributed by atoms with Crippen molar-refractivity contribution in [2.24, 2.45) is 0 Å². The minimum Gasteiger partial charge on any atom is -0.503 e. The lowest BCUT2D eigenvalue weighted by atomic mass is 9.86. The Kier molecular flexibility index (Phi) is 8.22. The van der Waals surface area contributed by atoms with Gasteiger partial charge in [0.2, 0.25) is 0 Å². The van der Waals surface area contributed by atoms with E-state index in [4.69, 9.17) is 20.0 Å². The van der Waals surface area contributed by atoms with E-state index in [2.05, 4.69) is 22.4 Å². The molecule has 1 aromatic heterocycles. The van der Waals surface area contributed by atoms with E-state index in [0.29, 0.717) is 11.1 Å². The summed E-state index contributed by atoms with van der Waals surface area (Å²) in [7, 11) is 1.34. The van der Waals surface area contributed by atoms with E-state index in [1.165, 1.54) is 26.3 Å². The highest BCUT2D eigenvalue weighted by Gasteiger charge is 2.28. The smallest absolute Gasteiger partial charge is 0.328 e. The molecule has 0 aliphatic carbocycles. The molecule has 0 saturated heterocycles. The zero-order chi connectivity index (χ0) is 26.2. The van der Waals surface area contributed by atoms with Crippen molar-refractivity contribution in [2.75, 3.05) is 7.11 Å². The highest BCUT2D eigenvalue weighted by Crippen LogP contribution is 2.31. The topological polar surface area (TPSA) is 145 Å². The number of aromatic hydroxyl groups is 1. The number of ether oxygens (including phenoxy) is 2. The third-order valence-corrected chi connectivity index (χ3v) is 5.59. The van der Waals surface area contributed by atoms with Crippen molar-refractivity contribution in [1.29, 1.82) is 10.5 Å². The van der Waals surface area contributed by atoms with Crippen LogP contribution in [0.15, 0.2) is 60.8 Å². The van der Waals surface area contributed by atoms with Crippen LogP contribution in [-0.4, -0.2) is 41.2 Å². The van der Waals surface area contributed by atoms with E-state index in [9.17, 15) is 14.7 Å². The minimum atomic E-state index is -1.05. The number of methoxy groups -OCH3 is 1. The normalized spacial score (nSPS) is 12.1. The Labute approximate surface area is 208 Å². The number of aromatic nitrogens is 1. The summed E-state index contributed by atoms with van der Waals surface area (Å²) in [6.45, 7) is 3.19. The molecule has 182 valence electrons. The molecule has 0 aliphatic rings. The van der Waals surface area contributed by atoms with Gasteiger partial charge in [0, 0.05) is 18.2 Å². The van der Waals surface area contributed by atoms with Crippen molar-refractivity contribution in [3.05, 3.63) is 88.7 Å². The molecule has 36 heavy (non-hydrogen) atoms. The zero-order valence-electron chi connectivity index (χ0n) is 19.9. The Balaban J connectivity index is 1.79. The van der Waals surface area contributed by atoms with Crippen molar-refractivity contribution < 1.29 is 24.2 Å². The van der Waals surface area contributed by atoms with E-state index in [0.717, 1.165) is 11.1 Å². The average Bonchev–Trinajstić information content (AvgIpc) is 2.89. The number of esters is 1. The molecule has 2 aromatic carbocycles. The average molecular weight is 485 g/mol. The molecular formula is C27H24N4O5. The predicted octanol–water partition coefficient (Wildman–Crippen LogP) is 3.42. The molecule has 9 nitrogen and oxygen atoms in total. The van der Waals surface area contributed by atoms with Crippen LogP contribution in [0.3, 0.4) is 0 Å². The highest BCUT2D eigenvalue weighted by atomic mass is 16.5. The van der Waals surface area contributed by atoms with E-state index in [1.54, 1.807) is 55.5 Å². The van der Waals surface area contributed by atoms with Gasteiger partial charge in [0.25, 0.3) is 5.91 Å². The molecule has 1 heterocycles. The second-order valence-electron chi connectivity index (χ2n) is 7.99. The molecule has 9 heteroatoms. The summed E-state index contributed by atoms with van der Waals surface area (Å²) in [5.41, 5.74) is 2.32. The summed E-state index contributed by atoms with van der Waals surface area (Å²) in [4.78, 5) is 29.3. The van der Waals surface area contributed by atoms with Crippen LogP contribution in [0.1, 0.15) is 52.5 Å². The Bertz CT molecular complexity index is 1270. The lowest BCUT2D eigenvalue weighted by molar-refractivity contribution is -0.150. The summed E-state index contributed by atoms with van der Waals surface area (Å²) in [5.74, 6) is -2.22. The van der Waals surface area contributed by atoms with Gasteiger partial charge in [-0.3, -0.25) is 4.79 Å². The second-order valence-corrected chi connectivity index (χ2v) is 7.99. The molecule has 0 radical (unpaired) electrons. The summed E-state index contributed by atoms with van der Waals surface area (Å²) in [6.07, 6.45) is 0.638. The van der Waals surface area contributed by atoms with E-state index < -0.39 is 35.7 Å². The maximum Gasteiger partial charge on any atom is 0.328 e. The van der Waals surface area contributed by atoms with Crippen LogP contribution < -0.4 is 10.1 Å². The second kappa shape index (κ2) is 11.5. The van der Waals surface area contributed by atoms with Crippen LogP contribution in [0.4, 0.5) is 0 Å². The summed E-state index contributed by atoms with van der Waals surface area (Å²) in [6, 6.07) is 18.4. The predicted molar refractivity (Wildman–Crippen MR) is 129 cm³/mol. The van der Waals surface area contributed by atoms with Gasteiger partial charge in [0.15, 0.2) is 17.2 Å². The quantitative estimate of drug-likeness (QED) is 0.463. The van der Waals surface area contributed by atoms with E-state index >= 15 is 0 Å². The number of nitrogens with zero attached hydrogens (tertiary/aromatic N) is 3. The number of carbonyl (C=O) groups is 2. The molecule has 2 N–H and O–H groups in total. The number of hydrogen-bond donors (Lipinski definition) is 2. The van der Waals surface area contributed by atoms with Gasteiger partial charge in [-0.2, -0.15) is 10.5 Å².